The van der Waals surface area contributed by atoms with Crippen LogP contribution in [0.3, 0.4) is 0 Å². The lowest BCUT2D eigenvalue weighted by atomic mass is 10.2. The largest absolute Gasteiger partial charge is 0.450 e. The first-order chi connectivity index (χ1) is 9.15. The van der Waals surface area contributed by atoms with Gasteiger partial charge in [0.15, 0.2) is 4.67 Å². The van der Waals surface area contributed by atoms with Crippen molar-refractivity contribution in [2.24, 2.45) is 0 Å². The fourth-order valence-corrected chi connectivity index (χ4v) is 1.78. The molecule has 0 radical (unpaired) electrons. The predicted octanol–water partition coefficient (Wildman–Crippen LogP) is 3.51. The molecule has 1 aromatic heterocycles. The number of hydrogen-bond acceptors (Lipinski definition) is 2. The fourth-order valence-electron chi connectivity index (χ4n) is 1.46. The van der Waals surface area contributed by atoms with Gasteiger partial charge in [-0.3, -0.25) is 4.79 Å². The van der Waals surface area contributed by atoms with E-state index >= 15 is 0 Å². The molecular weight excluding hydrogens is 313 g/mol. The van der Waals surface area contributed by atoms with Crippen molar-refractivity contribution in [1.82, 2.24) is 5.32 Å². The summed E-state index contributed by atoms with van der Waals surface area (Å²) >= 11 is 3.17. The molecule has 0 saturated heterocycles. The van der Waals surface area contributed by atoms with E-state index in [1.807, 2.05) is 0 Å². The van der Waals surface area contributed by atoms with Crippen molar-refractivity contribution in [1.29, 1.82) is 0 Å². The topological polar surface area (TPSA) is 42.2 Å². The van der Waals surface area contributed by atoms with E-state index in [2.05, 4.69) is 21.2 Å². The maximum atomic E-state index is 13.3. The summed E-state index contributed by atoms with van der Waals surface area (Å²) in [6.45, 7) is 0.150. The van der Waals surface area contributed by atoms with E-state index < -0.39 is 0 Å². The summed E-state index contributed by atoms with van der Waals surface area (Å²) in [7, 11) is 0. The van der Waals surface area contributed by atoms with Crippen LogP contribution in [0, 0.1) is 5.82 Å². The van der Waals surface area contributed by atoms with Crippen LogP contribution in [0.5, 0.6) is 0 Å². The number of carbonyl (C=O) groups excluding carboxylic acids is 1. The molecular formula is C14H11BrFNO2. The summed E-state index contributed by atoms with van der Waals surface area (Å²) in [6.07, 6.45) is 2.88. The summed E-state index contributed by atoms with van der Waals surface area (Å²) in [6, 6.07) is 9.78. The fraction of sp³-hybridized carbons (Fsp3) is 0.0714. The molecule has 2 aromatic rings. The molecule has 1 amide bonds. The molecule has 0 bridgehead atoms. The van der Waals surface area contributed by atoms with Gasteiger partial charge in [0, 0.05) is 18.2 Å². The predicted molar refractivity (Wildman–Crippen MR) is 73.7 cm³/mol. The van der Waals surface area contributed by atoms with Crippen molar-refractivity contribution in [2.45, 2.75) is 6.54 Å². The summed E-state index contributed by atoms with van der Waals surface area (Å²) in [5.74, 6) is -0.0783. The zero-order valence-corrected chi connectivity index (χ0v) is 11.5. The van der Waals surface area contributed by atoms with Crippen molar-refractivity contribution in [3.63, 3.8) is 0 Å². The minimum atomic E-state index is -0.332. The smallest absolute Gasteiger partial charge is 0.244 e. The molecule has 0 spiro atoms. The monoisotopic (exact) mass is 323 g/mol. The highest BCUT2D eigenvalue weighted by molar-refractivity contribution is 9.10. The molecule has 5 heteroatoms. The van der Waals surface area contributed by atoms with Gasteiger partial charge < -0.3 is 9.73 Å². The molecule has 1 heterocycles. The Morgan fingerprint density at radius 3 is 2.79 bits per heavy atom. The highest BCUT2D eigenvalue weighted by Crippen LogP contribution is 2.14. The van der Waals surface area contributed by atoms with Gasteiger partial charge in [-0.05, 0) is 40.2 Å². The Hall–Kier alpha value is -1.88. The number of rotatable bonds is 4. The third-order valence-electron chi connectivity index (χ3n) is 2.40. The van der Waals surface area contributed by atoms with Crippen LogP contribution in [0.25, 0.3) is 6.08 Å². The normalized spacial score (nSPS) is 10.8. The quantitative estimate of drug-likeness (QED) is 0.875. The highest BCUT2D eigenvalue weighted by Gasteiger charge is 2.02. The van der Waals surface area contributed by atoms with Gasteiger partial charge in [-0.1, -0.05) is 18.2 Å². The van der Waals surface area contributed by atoms with E-state index in [-0.39, 0.29) is 18.3 Å². The third kappa shape index (κ3) is 4.06. The van der Waals surface area contributed by atoms with E-state index in [9.17, 15) is 9.18 Å². The van der Waals surface area contributed by atoms with Gasteiger partial charge in [-0.25, -0.2) is 4.39 Å². The lowest BCUT2D eigenvalue weighted by Gasteiger charge is -2.03. The van der Waals surface area contributed by atoms with Crippen molar-refractivity contribution in [2.75, 3.05) is 0 Å². The number of halogens is 2. The first-order valence-corrected chi connectivity index (χ1v) is 6.39. The van der Waals surface area contributed by atoms with Crippen molar-refractivity contribution in [3.8, 4) is 0 Å². The zero-order valence-electron chi connectivity index (χ0n) is 9.90. The Morgan fingerprint density at radius 1 is 1.32 bits per heavy atom. The van der Waals surface area contributed by atoms with Crippen LogP contribution in [0.15, 0.2) is 51.6 Å². The number of amides is 1. The molecule has 0 saturated carbocycles. The summed E-state index contributed by atoms with van der Waals surface area (Å²) in [5.41, 5.74) is 0.449. The Morgan fingerprint density at radius 2 is 2.11 bits per heavy atom. The van der Waals surface area contributed by atoms with Crippen LogP contribution in [0.2, 0.25) is 0 Å². The molecule has 19 heavy (non-hydrogen) atoms. The van der Waals surface area contributed by atoms with Crippen LogP contribution >= 0.6 is 15.9 Å². The van der Waals surface area contributed by atoms with E-state index in [0.29, 0.717) is 16.0 Å². The van der Waals surface area contributed by atoms with Crippen LogP contribution in [0.1, 0.15) is 11.3 Å². The highest BCUT2D eigenvalue weighted by atomic mass is 79.9. The molecule has 0 fully saturated rings. The van der Waals surface area contributed by atoms with Crippen molar-refractivity contribution in [3.05, 3.63) is 64.3 Å². The minimum absolute atomic E-state index is 0.150. The van der Waals surface area contributed by atoms with Gasteiger partial charge in [0.2, 0.25) is 5.91 Å². The second-order valence-corrected chi connectivity index (χ2v) is 4.57. The standard InChI is InChI=1S/C14H11BrFNO2/c15-13-7-5-11(19-13)6-8-14(18)17-9-10-3-1-2-4-12(10)16/h1-8H,9H2,(H,17,18). The molecule has 0 atom stereocenters. The van der Waals surface area contributed by atoms with Crippen LogP contribution in [-0.2, 0) is 11.3 Å². The van der Waals surface area contributed by atoms with Gasteiger partial charge >= 0.3 is 0 Å². The summed E-state index contributed by atoms with van der Waals surface area (Å²) in [5, 5.41) is 2.60. The molecule has 98 valence electrons. The van der Waals surface area contributed by atoms with Crippen molar-refractivity contribution >= 4 is 27.9 Å². The Labute approximate surface area is 118 Å². The van der Waals surface area contributed by atoms with Gasteiger partial charge in [0.25, 0.3) is 0 Å². The summed E-state index contributed by atoms with van der Waals surface area (Å²) < 4.78 is 19.1. The Bertz CT molecular complexity index is 607. The zero-order chi connectivity index (χ0) is 13.7. The van der Waals surface area contributed by atoms with Crippen LogP contribution in [-0.4, -0.2) is 5.91 Å². The number of carbonyl (C=O) groups is 1. The van der Waals surface area contributed by atoms with Gasteiger partial charge in [0.1, 0.15) is 11.6 Å². The summed E-state index contributed by atoms with van der Waals surface area (Å²) in [4.78, 5) is 11.5. The Balaban J connectivity index is 1.88. The maximum Gasteiger partial charge on any atom is 0.244 e. The second kappa shape index (κ2) is 6.33. The van der Waals surface area contributed by atoms with Crippen LogP contribution < -0.4 is 5.32 Å². The van der Waals surface area contributed by atoms with E-state index in [4.69, 9.17) is 4.42 Å². The van der Waals surface area contributed by atoms with Gasteiger partial charge in [0.05, 0.1) is 0 Å². The lowest BCUT2D eigenvalue weighted by Crippen LogP contribution is -2.20. The molecule has 0 aliphatic carbocycles. The first-order valence-electron chi connectivity index (χ1n) is 5.60. The lowest BCUT2D eigenvalue weighted by molar-refractivity contribution is -0.116. The average Bonchev–Trinajstić information content (AvgIpc) is 2.81. The molecule has 0 unspecified atom stereocenters. The number of furan rings is 1. The minimum Gasteiger partial charge on any atom is -0.450 e. The van der Waals surface area contributed by atoms with Crippen LogP contribution in [0.4, 0.5) is 4.39 Å². The van der Waals surface area contributed by atoms with E-state index in [1.165, 1.54) is 12.1 Å². The molecule has 0 aliphatic rings. The van der Waals surface area contributed by atoms with E-state index in [1.54, 1.807) is 36.4 Å². The van der Waals surface area contributed by atoms with Crippen molar-refractivity contribution < 1.29 is 13.6 Å². The molecule has 2 rings (SSSR count). The molecule has 1 N–H and O–H groups in total. The first kappa shape index (κ1) is 13.5. The van der Waals surface area contributed by atoms with Gasteiger partial charge in [-0.15, -0.1) is 0 Å². The molecule has 3 nitrogen and oxygen atoms in total. The number of benzene rings is 1. The maximum absolute atomic E-state index is 13.3. The second-order valence-electron chi connectivity index (χ2n) is 3.78. The third-order valence-corrected chi connectivity index (χ3v) is 2.83. The number of nitrogens with one attached hydrogen (secondary N) is 1. The molecule has 0 aliphatic heterocycles. The Kier molecular flexibility index (Phi) is 4.52. The molecule has 1 aromatic carbocycles. The number of hydrogen-bond donors (Lipinski definition) is 1. The SMILES string of the molecule is O=C(C=Cc1ccc(Br)o1)NCc1ccccc1F. The average molecular weight is 324 g/mol. The van der Waals surface area contributed by atoms with Gasteiger partial charge in [-0.2, -0.15) is 0 Å². The van der Waals surface area contributed by atoms with E-state index in [0.717, 1.165) is 0 Å².